The second-order valence-electron chi connectivity index (χ2n) is 5.16. The maximum Gasteiger partial charge on any atom is 0.231 e. The summed E-state index contributed by atoms with van der Waals surface area (Å²) in [5.41, 5.74) is 1.18. The molecule has 0 radical (unpaired) electrons. The van der Waals surface area contributed by atoms with Gasteiger partial charge in [-0.1, -0.05) is 18.2 Å². The molecule has 5 heteroatoms. The molecule has 1 saturated heterocycles. The average molecular weight is 287 g/mol. The molecular formula is C15H17N3OS. The lowest BCUT2D eigenvalue weighted by atomic mass is 9.99. The fraction of sp³-hybridized carbons (Fsp3) is 0.467. The lowest BCUT2D eigenvalue weighted by Gasteiger charge is -2.34. The number of benzene rings is 1. The molecule has 0 bridgehead atoms. The maximum absolute atomic E-state index is 12.7. The van der Waals surface area contributed by atoms with Crippen LogP contribution >= 0.6 is 11.8 Å². The number of piperazine rings is 1. The highest BCUT2D eigenvalue weighted by Gasteiger charge is 2.33. The molecule has 0 aliphatic carbocycles. The number of carbonyl (C=O) groups is 1. The largest absolute Gasteiger partial charge is 0.340 e. The molecule has 0 spiro atoms. The summed E-state index contributed by atoms with van der Waals surface area (Å²) in [4.78, 5) is 18.0. The molecule has 2 aliphatic rings. The summed E-state index contributed by atoms with van der Waals surface area (Å²) >= 11 is 1.78. The number of fused-ring (bicyclic) bond motifs is 1. The number of nitriles is 1. The highest BCUT2D eigenvalue weighted by atomic mass is 32.2. The summed E-state index contributed by atoms with van der Waals surface area (Å²) in [7, 11) is 0. The van der Waals surface area contributed by atoms with Gasteiger partial charge in [0, 0.05) is 36.8 Å². The predicted octanol–water partition coefficient (Wildman–Crippen LogP) is 1.54. The van der Waals surface area contributed by atoms with Crippen molar-refractivity contribution in [1.82, 2.24) is 9.80 Å². The molecule has 4 nitrogen and oxygen atoms in total. The van der Waals surface area contributed by atoms with Gasteiger partial charge in [0.2, 0.25) is 5.91 Å². The fourth-order valence-corrected chi connectivity index (χ4v) is 4.03. The average Bonchev–Trinajstić information content (AvgIpc) is 2.92. The van der Waals surface area contributed by atoms with Crippen LogP contribution in [0.1, 0.15) is 11.5 Å². The van der Waals surface area contributed by atoms with Gasteiger partial charge >= 0.3 is 0 Å². The number of thioether (sulfide) groups is 1. The number of rotatable bonds is 2. The van der Waals surface area contributed by atoms with Gasteiger partial charge in [-0.15, -0.1) is 11.8 Å². The van der Waals surface area contributed by atoms with Crippen LogP contribution in [0.2, 0.25) is 0 Å². The van der Waals surface area contributed by atoms with E-state index in [-0.39, 0.29) is 11.8 Å². The Labute approximate surface area is 123 Å². The number of nitrogens with zero attached hydrogens (tertiary/aromatic N) is 3. The Hall–Kier alpha value is -1.51. The Morgan fingerprint density at radius 3 is 2.80 bits per heavy atom. The number of amides is 1. The minimum atomic E-state index is 0.0127. The zero-order chi connectivity index (χ0) is 13.9. The first-order valence-electron chi connectivity index (χ1n) is 6.89. The van der Waals surface area contributed by atoms with E-state index in [4.69, 9.17) is 5.26 Å². The molecule has 2 aliphatic heterocycles. The van der Waals surface area contributed by atoms with E-state index in [9.17, 15) is 4.79 Å². The van der Waals surface area contributed by atoms with Crippen molar-refractivity contribution < 1.29 is 4.79 Å². The molecule has 1 aromatic rings. The van der Waals surface area contributed by atoms with E-state index in [1.54, 1.807) is 11.8 Å². The molecule has 1 aromatic carbocycles. The van der Waals surface area contributed by atoms with E-state index in [0.717, 1.165) is 31.9 Å². The highest BCUT2D eigenvalue weighted by Crippen LogP contribution is 2.40. The predicted molar refractivity (Wildman–Crippen MR) is 78.5 cm³/mol. The van der Waals surface area contributed by atoms with Gasteiger partial charge < -0.3 is 4.90 Å². The lowest BCUT2D eigenvalue weighted by Crippen LogP contribution is -2.50. The molecule has 0 saturated carbocycles. The van der Waals surface area contributed by atoms with Crippen molar-refractivity contribution in [1.29, 1.82) is 5.26 Å². The van der Waals surface area contributed by atoms with Gasteiger partial charge in [0.25, 0.3) is 0 Å². The first kappa shape index (κ1) is 13.5. The molecule has 0 N–H and O–H groups in total. The minimum absolute atomic E-state index is 0.0127. The summed E-state index contributed by atoms with van der Waals surface area (Å²) in [5, 5.41) is 8.70. The van der Waals surface area contributed by atoms with E-state index in [1.165, 1.54) is 10.5 Å². The Bertz CT molecular complexity index is 546. The van der Waals surface area contributed by atoms with E-state index in [2.05, 4.69) is 23.1 Å². The summed E-state index contributed by atoms with van der Waals surface area (Å²) in [6.07, 6.45) is 0. The summed E-state index contributed by atoms with van der Waals surface area (Å²) < 4.78 is 0. The molecular weight excluding hydrogens is 270 g/mol. The van der Waals surface area contributed by atoms with Gasteiger partial charge in [0.1, 0.15) is 0 Å². The van der Waals surface area contributed by atoms with Crippen LogP contribution < -0.4 is 0 Å². The zero-order valence-electron chi connectivity index (χ0n) is 11.3. The minimum Gasteiger partial charge on any atom is -0.340 e. The quantitative estimate of drug-likeness (QED) is 0.774. The first-order valence-corrected chi connectivity index (χ1v) is 7.88. The summed E-state index contributed by atoms with van der Waals surface area (Å²) in [6.45, 7) is 3.56. The molecule has 20 heavy (non-hydrogen) atoms. The van der Waals surface area contributed by atoms with E-state index >= 15 is 0 Å². The molecule has 1 unspecified atom stereocenters. The number of carbonyl (C=O) groups excluding carboxylic acids is 1. The molecule has 3 rings (SSSR count). The third kappa shape index (κ3) is 2.54. The third-order valence-electron chi connectivity index (χ3n) is 3.98. The monoisotopic (exact) mass is 287 g/mol. The topological polar surface area (TPSA) is 47.3 Å². The standard InChI is InChI=1S/C15H17N3OS/c16-5-6-17-7-9-18(10-8-17)15(19)13-11-20-14-4-2-1-3-12(13)14/h1-4,13H,6-11H2. The van der Waals surface area contributed by atoms with Gasteiger partial charge in [-0.25, -0.2) is 0 Å². The van der Waals surface area contributed by atoms with Crippen molar-refractivity contribution in [2.24, 2.45) is 0 Å². The third-order valence-corrected chi connectivity index (χ3v) is 5.16. The van der Waals surface area contributed by atoms with Gasteiger partial charge in [-0.2, -0.15) is 5.26 Å². The van der Waals surface area contributed by atoms with Crippen LogP contribution in [0.4, 0.5) is 0 Å². The van der Waals surface area contributed by atoms with E-state index in [1.807, 2.05) is 17.0 Å². The Kier molecular flexibility index (Phi) is 3.95. The van der Waals surface area contributed by atoms with E-state index < -0.39 is 0 Å². The Morgan fingerprint density at radius 1 is 1.30 bits per heavy atom. The van der Waals surface area contributed by atoms with Gasteiger partial charge in [0.15, 0.2) is 0 Å². The van der Waals surface area contributed by atoms with Crippen LogP contribution in [0.3, 0.4) is 0 Å². The summed E-state index contributed by atoms with van der Waals surface area (Å²) in [5.74, 6) is 1.12. The fourth-order valence-electron chi connectivity index (χ4n) is 2.81. The molecule has 104 valence electrons. The second-order valence-corrected chi connectivity index (χ2v) is 6.22. The lowest BCUT2D eigenvalue weighted by molar-refractivity contribution is -0.133. The normalized spacial score (nSPS) is 22.4. The second kappa shape index (κ2) is 5.86. The van der Waals surface area contributed by atoms with Crippen molar-refractivity contribution in [2.75, 3.05) is 38.5 Å². The highest BCUT2D eigenvalue weighted by molar-refractivity contribution is 7.99. The van der Waals surface area contributed by atoms with Crippen LogP contribution in [0.15, 0.2) is 29.2 Å². The van der Waals surface area contributed by atoms with Crippen LogP contribution in [0.25, 0.3) is 0 Å². The number of hydrogen-bond acceptors (Lipinski definition) is 4. The van der Waals surface area contributed by atoms with Crippen LogP contribution in [0.5, 0.6) is 0 Å². The molecule has 1 fully saturated rings. The van der Waals surface area contributed by atoms with E-state index in [0.29, 0.717) is 6.54 Å². The Balaban J connectivity index is 1.65. The van der Waals surface area contributed by atoms with Crippen LogP contribution in [-0.2, 0) is 4.79 Å². The van der Waals surface area contributed by atoms with Gasteiger partial charge in [0.05, 0.1) is 18.5 Å². The van der Waals surface area contributed by atoms with Gasteiger partial charge in [-0.05, 0) is 11.6 Å². The smallest absolute Gasteiger partial charge is 0.231 e. The first-order chi connectivity index (χ1) is 9.79. The molecule has 1 amide bonds. The SMILES string of the molecule is N#CCN1CCN(C(=O)C2CSc3ccccc32)CC1. The van der Waals surface area contributed by atoms with Gasteiger partial charge in [-0.3, -0.25) is 9.69 Å². The van der Waals surface area contributed by atoms with Crippen molar-refractivity contribution >= 4 is 17.7 Å². The zero-order valence-corrected chi connectivity index (χ0v) is 12.1. The molecule has 2 heterocycles. The molecule has 0 aromatic heterocycles. The van der Waals surface area contributed by atoms with Crippen LogP contribution in [-0.4, -0.2) is 54.2 Å². The Morgan fingerprint density at radius 2 is 2.05 bits per heavy atom. The van der Waals surface area contributed by atoms with Crippen molar-refractivity contribution in [2.45, 2.75) is 10.8 Å². The summed E-state index contributed by atoms with van der Waals surface area (Å²) in [6, 6.07) is 10.4. The number of hydrogen-bond donors (Lipinski definition) is 0. The van der Waals surface area contributed by atoms with Crippen LogP contribution in [0, 0.1) is 11.3 Å². The van der Waals surface area contributed by atoms with Crippen molar-refractivity contribution in [3.05, 3.63) is 29.8 Å². The maximum atomic E-state index is 12.7. The van der Waals surface area contributed by atoms with Crippen molar-refractivity contribution in [3.63, 3.8) is 0 Å². The van der Waals surface area contributed by atoms with Crippen molar-refractivity contribution in [3.8, 4) is 6.07 Å². The molecule has 1 atom stereocenters.